The molecule has 0 fully saturated rings. The first-order valence-electron chi connectivity index (χ1n) is 9.02. The maximum Gasteiger partial charge on any atom is 0.269 e. The second kappa shape index (κ2) is 14.4. The molecule has 0 radical (unpaired) electrons. The fourth-order valence-corrected chi connectivity index (χ4v) is 2.47. The van der Waals surface area contributed by atoms with E-state index in [0.717, 1.165) is 31.2 Å². The number of nitrogens with one attached hydrogen (secondary N) is 3. The topological polar surface area (TPSA) is 101 Å². The Balaban J connectivity index is 0.00000676. The number of nitro groups is 1. The molecule has 1 aromatic carbocycles. The molecule has 0 saturated carbocycles. The van der Waals surface area contributed by atoms with Gasteiger partial charge in [-0.15, -0.1) is 24.0 Å². The molecule has 154 valence electrons. The molecule has 1 atom stereocenters. The lowest BCUT2D eigenvalue weighted by Crippen LogP contribution is -2.41. The Morgan fingerprint density at radius 3 is 2.33 bits per heavy atom. The molecule has 0 amide bonds. The van der Waals surface area contributed by atoms with Gasteiger partial charge in [0.15, 0.2) is 5.96 Å². The lowest BCUT2D eigenvalue weighted by molar-refractivity contribution is -0.384. The van der Waals surface area contributed by atoms with Crippen LogP contribution < -0.4 is 16.0 Å². The molecule has 0 aromatic heterocycles. The fraction of sp³-hybridized carbons (Fsp3) is 0.611. The van der Waals surface area contributed by atoms with Crippen molar-refractivity contribution >= 4 is 41.3 Å². The third kappa shape index (κ3) is 10.3. The van der Waals surface area contributed by atoms with E-state index in [1.54, 1.807) is 19.2 Å². The molecule has 8 nitrogen and oxygen atoms in total. The molecule has 0 aliphatic carbocycles. The summed E-state index contributed by atoms with van der Waals surface area (Å²) in [5.74, 6) is 1.23. The number of hydrogen-bond donors (Lipinski definition) is 3. The van der Waals surface area contributed by atoms with E-state index in [-0.39, 0.29) is 35.8 Å². The fourth-order valence-electron chi connectivity index (χ4n) is 2.47. The van der Waals surface area contributed by atoms with E-state index in [0.29, 0.717) is 19.0 Å². The number of anilines is 1. The van der Waals surface area contributed by atoms with Crippen LogP contribution in [0.2, 0.25) is 0 Å². The number of nitrogens with zero attached hydrogens (tertiary/aromatic N) is 2. The Kier molecular flexibility index (Phi) is 13.6. The first-order chi connectivity index (χ1) is 12.5. The SMILES string of the molecule is CCOC(CCNC(=NC)NCCNc1ccc([N+](=O)[O-])cc1)C(C)C.I. The second-order valence-electron chi connectivity index (χ2n) is 6.18. The maximum absolute atomic E-state index is 10.6. The number of guanidine groups is 1. The number of aliphatic imine (C=N–C) groups is 1. The van der Waals surface area contributed by atoms with E-state index < -0.39 is 4.92 Å². The van der Waals surface area contributed by atoms with Gasteiger partial charge in [-0.25, -0.2) is 0 Å². The Hall–Kier alpha value is -1.62. The summed E-state index contributed by atoms with van der Waals surface area (Å²) >= 11 is 0. The molecule has 3 N–H and O–H groups in total. The highest BCUT2D eigenvalue weighted by molar-refractivity contribution is 14.0. The lowest BCUT2D eigenvalue weighted by atomic mass is 10.0. The minimum Gasteiger partial charge on any atom is -0.383 e. The van der Waals surface area contributed by atoms with Crippen LogP contribution in [0.1, 0.15) is 27.2 Å². The number of halogens is 1. The molecule has 0 aliphatic heterocycles. The van der Waals surface area contributed by atoms with Gasteiger partial charge in [0.2, 0.25) is 0 Å². The molecular weight excluding hydrogens is 461 g/mol. The molecule has 27 heavy (non-hydrogen) atoms. The molecule has 0 bridgehead atoms. The summed E-state index contributed by atoms with van der Waals surface area (Å²) < 4.78 is 5.74. The first kappa shape index (κ1) is 25.4. The van der Waals surface area contributed by atoms with Gasteiger partial charge in [-0.1, -0.05) is 13.8 Å². The van der Waals surface area contributed by atoms with Crippen LogP contribution >= 0.6 is 24.0 Å². The normalized spacial score (nSPS) is 12.3. The third-order valence-corrected chi connectivity index (χ3v) is 3.89. The molecule has 1 aromatic rings. The third-order valence-electron chi connectivity index (χ3n) is 3.89. The van der Waals surface area contributed by atoms with Gasteiger partial charge in [0.25, 0.3) is 5.69 Å². The number of rotatable bonds is 11. The van der Waals surface area contributed by atoms with E-state index >= 15 is 0 Å². The highest BCUT2D eigenvalue weighted by Gasteiger charge is 2.12. The minimum absolute atomic E-state index is 0. The van der Waals surface area contributed by atoms with Crippen molar-refractivity contribution in [3.05, 3.63) is 34.4 Å². The van der Waals surface area contributed by atoms with Crippen molar-refractivity contribution in [2.24, 2.45) is 10.9 Å². The number of benzene rings is 1. The van der Waals surface area contributed by atoms with Gasteiger partial charge in [-0.3, -0.25) is 15.1 Å². The van der Waals surface area contributed by atoms with E-state index in [1.807, 2.05) is 6.92 Å². The summed E-state index contributed by atoms with van der Waals surface area (Å²) in [6.45, 7) is 9.21. The molecular formula is C18H32IN5O3. The van der Waals surface area contributed by atoms with Gasteiger partial charge in [-0.05, 0) is 31.4 Å². The summed E-state index contributed by atoms with van der Waals surface area (Å²) in [6.07, 6.45) is 1.17. The average molecular weight is 493 g/mol. The lowest BCUT2D eigenvalue weighted by Gasteiger charge is -2.21. The summed E-state index contributed by atoms with van der Waals surface area (Å²) in [7, 11) is 1.74. The smallest absolute Gasteiger partial charge is 0.269 e. The molecule has 0 aliphatic rings. The van der Waals surface area contributed by atoms with Crippen LogP contribution in [0.5, 0.6) is 0 Å². The number of nitro benzene ring substituents is 1. The van der Waals surface area contributed by atoms with Gasteiger partial charge in [0.05, 0.1) is 11.0 Å². The average Bonchev–Trinajstić information content (AvgIpc) is 2.63. The van der Waals surface area contributed by atoms with Crippen molar-refractivity contribution in [2.75, 3.05) is 38.6 Å². The zero-order chi connectivity index (χ0) is 19.4. The van der Waals surface area contributed by atoms with E-state index in [4.69, 9.17) is 4.74 Å². The van der Waals surface area contributed by atoms with Gasteiger partial charge in [0, 0.05) is 51.1 Å². The monoisotopic (exact) mass is 493 g/mol. The van der Waals surface area contributed by atoms with E-state index in [2.05, 4.69) is 34.8 Å². The Bertz CT molecular complexity index is 567. The summed E-state index contributed by atoms with van der Waals surface area (Å²) in [6, 6.07) is 6.37. The molecule has 1 rings (SSSR count). The molecule has 0 heterocycles. The van der Waals surface area contributed by atoms with Crippen LogP contribution in [0.4, 0.5) is 11.4 Å². The number of hydrogen-bond acceptors (Lipinski definition) is 5. The summed E-state index contributed by atoms with van der Waals surface area (Å²) in [5, 5.41) is 20.4. The van der Waals surface area contributed by atoms with Crippen molar-refractivity contribution in [3.8, 4) is 0 Å². The highest BCUT2D eigenvalue weighted by Crippen LogP contribution is 2.14. The predicted octanol–water partition coefficient (Wildman–Crippen LogP) is 3.24. The number of non-ortho nitro benzene ring substituents is 1. The van der Waals surface area contributed by atoms with Crippen molar-refractivity contribution < 1.29 is 9.66 Å². The minimum atomic E-state index is -0.406. The van der Waals surface area contributed by atoms with E-state index in [9.17, 15) is 10.1 Å². The van der Waals surface area contributed by atoms with Gasteiger partial charge in [-0.2, -0.15) is 0 Å². The largest absolute Gasteiger partial charge is 0.383 e. The quantitative estimate of drug-likeness (QED) is 0.109. The highest BCUT2D eigenvalue weighted by atomic mass is 127. The van der Waals surface area contributed by atoms with Crippen molar-refractivity contribution in [2.45, 2.75) is 33.3 Å². The second-order valence-corrected chi connectivity index (χ2v) is 6.18. The van der Waals surface area contributed by atoms with Crippen LogP contribution in [0.25, 0.3) is 0 Å². The number of ether oxygens (including phenoxy) is 1. The molecule has 0 spiro atoms. The maximum atomic E-state index is 10.6. The predicted molar refractivity (Wildman–Crippen MR) is 121 cm³/mol. The van der Waals surface area contributed by atoms with Crippen molar-refractivity contribution in [3.63, 3.8) is 0 Å². The summed E-state index contributed by atoms with van der Waals surface area (Å²) in [5.41, 5.74) is 0.932. The Morgan fingerprint density at radius 2 is 1.81 bits per heavy atom. The van der Waals surface area contributed by atoms with Crippen LogP contribution in [0.3, 0.4) is 0 Å². The van der Waals surface area contributed by atoms with Gasteiger partial charge in [0.1, 0.15) is 0 Å². The first-order valence-corrected chi connectivity index (χ1v) is 9.02. The van der Waals surface area contributed by atoms with Crippen molar-refractivity contribution in [1.82, 2.24) is 10.6 Å². The van der Waals surface area contributed by atoms with Crippen molar-refractivity contribution in [1.29, 1.82) is 0 Å². The zero-order valence-electron chi connectivity index (χ0n) is 16.5. The molecule has 1 unspecified atom stereocenters. The van der Waals surface area contributed by atoms with Crippen LogP contribution in [-0.2, 0) is 4.74 Å². The molecule has 9 heteroatoms. The van der Waals surface area contributed by atoms with Crippen LogP contribution in [0, 0.1) is 16.0 Å². The van der Waals surface area contributed by atoms with Gasteiger partial charge >= 0.3 is 0 Å². The van der Waals surface area contributed by atoms with Crippen LogP contribution in [0.15, 0.2) is 29.3 Å². The molecule has 0 saturated heterocycles. The zero-order valence-corrected chi connectivity index (χ0v) is 18.9. The Labute approximate surface area is 178 Å². The van der Waals surface area contributed by atoms with Gasteiger partial charge < -0.3 is 20.7 Å². The standard InChI is InChI=1S/C18H31N5O3.HI/c1-5-26-17(14(2)3)10-11-21-18(19-4)22-13-12-20-15-6-8-16(9-7-15)23(24)25;/h6-9,14,17,20H,5,10-13H2,1-4H3,(H2,19,21,22);1H. The van der Waals surface area contributed by atoms with E-state index in [1.165, 1.54) is 12.1 Å². The summed E-state index contributed by atoms with van der Waals surface area (Å²) in [4.78, 5) is 14.4. The Morgan fingerprint density at radius 1 is 1.19 bits per heavy atom. The van der Waals surface area contributed by atoms with Crippen LogP contribution in [-0.4, -0.2) is 50.3 Å².